The van der Waals surface area contributed by atoms with Crippen LogP contribution in [0, 0.1) is 12.3 Å². The fourth-order valence-electron chi connectivity index (χ4n) is 3.22. The van der Waals surface area contributed by atoms with Crippen LogP contribution >= 0.6 is 28.1 Å². The molecule has 2 aromatic rings. The first kappa shape index (κ1) is 25.1. The zero-order chi connectivity index (χ0) is 24.8. The third kappa shape index (κ3) is 5.16. The first-order valence-corrected chi connectivity index (χ1v) is 11.1. The third-order valence-corrected chi connectivity index (χ3v) is 5.83. The highest BCUT2D eigenvalue weighted by Gasteiger charge is 2.40. The van der Waals surface area contributed by atoms with E-state index in [1.54, 1.807) is 49.6 Å². The van der Waals surface area contributed by atoms with Gasteiger partial charge in [-0.2, -0.15) is 0 Å². The Morgan fingerprint density at radius 1 is 1.18 bits per heavy atom. The molecule has 1 aliphatic rings. The Bertz CT molecular complexity index is 1190. The number of benzene rings is 2. The summed E-state index contributed by atoms with van der Waals surface area (Å²) < 4.78 is 21.5. The van der Waals surface area contributed by atoms with E-state index in [0.29, 0.717) is 33.0 Å². The number of anilines is 1. The number of methoxy groups -OCH3 is 3. The minimum Gasteiger partial charge on any atom is -0.497 e. The highest BCUT2D eigenvalue weighted by atomic mass is 79.9. The van der Waals surface area contributed by atoms with Crippen molar-refractivity contribution in [3.8, 4) is 29.6 Å². The van der Waals surface area contributed by atoms with E-state index in [4.69, 9.17) is 37.6 Å². The zero-order valence-electron chi connectivity index (χ0n) is 18.7. The molecule has 2 aromatic carbocycles. The number of amides is 1. The maximum Gasteiger partial charge on any atom is 0.325 e. The molecule has 34 heavy (non-hydrogen) atoms. The van der Waals surface area contributed by atoms with Crippen molar-refractivity contribution in [1.82, 2.24) is 4.90 Å². The predicted molar refractivity (Wildman–Crippen MR) is 135 cm³/mol. The molecule has 0 aromatic heterocycles. The van der Waals surface area contributed by atoms with Gasteiger partial charge in [-0.3, -0.25) is 14.5 Å². The predicted octanol–water partition coefficient (Wildman–Crippen LogP) is 3.63. The zero-order valence-corrected chi connectivity index (χ0v) is 21.1. The van der Waals surface area contributed by atoms with Gasteiger partial charge in [0.25, 0.3) is 5.91 Å². The highest BCUT2D eigenvalue weighted by molar-refractivity contribution is 9.10. The average molecular weight is 545 g/mol. The van der Waals surface area contributed by atoms with Gasteiger partial charge in [-0.25, -0.2) is 0 Å². The van der Waals surface area contributed by atoms with Crippen molar-refractivity contribution in [3.63, 3.8) is 0 Å². The van der Waals surface area contributed by atoms with Crippen LogP contribution in [-0.2, 0) is 14.3 Å². The SMILES string of the molecule is C#CCOc1c(Br)cc(/C=C2/C(=O)N(c3ccc(OC)cc3)C(=S)N2CC(=O)OC)cc1OC. The van der Waals surface area contributed by atoms with Crippen LogP contribution < -0.4 is 19.1 Å². The fourth-order valence-corrected chi connectivity index (χ4v) is 4.15. The molecule has 0 spiro atoms. The maximum absolute atomic E-state index is 13.5. The van der Waals surface area contributed by atoms with E-state index in [9.17, 15) is 9.59 Å². The van der Waals surface area contributed by atoms with Gasteiger partial charge in [0.2, 0.25) is 0 Å². The third-order valence-electron chi connectivity index (χ3n) is 4.84. The molecule has 3 rings (SSSR count). The summed E-state index contributed by atoms with van der Waals surface area (Å²) in [7, 11) is 4.31. The monoisotopic (exact) mass is 544 g/mol. The number of hydrogen-bond acceptors (Lipinski definition) is 7. The van der Waals surface area contributed by atoms with Gasteiger partial charge >= 0.3 is 5.97 Å². The van der Waals surface area contributed by atoms with Crippen molar-refractivity contribution >= 4 is 56.9 Å². The van der Waals surface area contributed by atoms with Crippen LogP contribution in [0.1, 0.15) is 5.56 Å². The largest absolute Gasteiger partial charge is 0.497 e. The van der Waals surface area contributed by atoms with Crippen LogP contribution in [0.2, 0.25) is 0 Å². The lowest BCUT2D eigenvalue weighted by Crippen LogP contribution is -2.35. The second-order valence-electron chi connectivity index (χ2n) is 6.84. The van der Waals surface area contributed by atoms with Crippen molar-refractivity contribution < 1.29 is 28.5 Å². The molecule has 176 valence electrons. The van der Waals surface area contributed by atoms with Gasteiger partial charge in [-0.1, -0.05) is 5.92 Å². The van der Waals surface area contributed by atoms with Crippen LogP contribution in [0.3, 0.4) is 0 Å². The molecule has 1 saturated heterocycles. The summed E-state index contributed by atoms with van der Waals surface area (Å²) in [5.74, 6) is 2.93. The molecule has 1 aliphatic heterocycles. The summed E-state index contributed by atoms with van der Waals surface area (Å²) in [6.45, 7) is -0.174. The van der Waals surface area contributed by atoms with E-state index < -0.39 is 11.9 Å². The van der Waals surface area contributed by atoms with Gasteiger partial charge in [0, 0.05) is 0 Å². The lowest BCUT2D eigenvalue weighted by atomic mass is 10.1. The lowest BCUT2D eigenvalue weighted by Gasteiger charge is -2.19. The molecular weight excluding hydrogens is 524 g/mol. The van der Waals surface area contributed by atoms with Crippen molar-refractivity contribution in [2.45, 2.75) is 0 Å². The topological polar surface area (TPSA) is 77.5 Å². The molecule has 0 radical (unpaired) electrons. The summed E-state index contributed by atoms with van der Waals surface area (Å²) in [6.07, 6.45) is 6.89. The quantitative estimate of drug-likeness (QED) is 0.216. The molecule has 0 saturated carbocycles. The van der Waals surface area contributed by atoms with Crippen molar-refractivity contribution in [1.29, 1.82) is 0 Å². The second kappa shape index (κ2) is 11.0. The van der Waals surface area contributed by atoms with Crippen LogP contribution in [0.4, 0.5) is 5.69 Å². The van der Waals surface area contributed by atoms with Crippen LogP contribution in [0.15, 0.2) is 46.6 Å². The van der Waals surface area contributed by atoms with Crippen LogP contribution in [0.5, 0.6) is 17.2 Å². The molecule has 1 heterocycles. The number of rotatable bonds is 8. The Morgan fingerprint density at radius 2 is 1.88 bits per heavy atom. The van der Waals surface area contributed by atoms with E-state index in [-0.39, 0.29) is 24.0 Å². The van der Waals surface area contributed by atoms with Gasteiger partial charge in [-0.05, 0) is 76.2 Å². The number of thiocarbonyl (C=S) groups is 1. The molecular formula is C24H21BrN2O6S. The first-order chi connectivity index (χ1) is 16.3. The Kier molecular flexibility index (Phi) is 8.15. The van der Waals surface area contributed by atoms with E-state index in [1.807, 2.05) is 0 Å². The van der Waals surface area contributed by atoms with E-state index in [1.165, 1.54) is 24.0 Å². The van der Waals surface area contributed by atoms with Crippen molar-refractivity contribution in [2.75, 3.05) is 39.4 Å². The van der Waals surface area contributed by atoms with Crippen LogP contribution in [-0.4, -0.2) is 56.4 Å². The number of carbonyl (C=O) groups is 2. The molecule has 0 N–H and O–H groups in total. The number of hydrogen-bond donors (Lipinski definition) is 0. The summed E-state index contributed by atoms with van der Waals surface area (Å²) >= 11 is 9.01. The van der Waals surface area contributed by atoms with E-state index in [0.717, 1.165) is 0 Å². The smallest absolute Gasteiger partial charge is 0.325 e. The molecule has 10 heteroatoms. The van der Waals surface area contributed by atoms with Gasteiger partial charge in [-0.15, -0.1) is 6.42 Å². The average Bonchev–Trinajstić information content (AvgIpc) is 3.06. The van der Waals surface area contributed by atoms with Gasteiger partial charge in [0.1, 0.15) is 24.6 Å². The van der Waals surface area contributed by atoms with Gasteiger partial charge in [0.05, 0.1) is 31.5 Å². The summed E-state index contributed by atoms with van der Waals surface area (Å²) in [6, 6.07) is 10.3. The Labute approximate surface area is 211 Å². The normalized spacial score (nSPS) is 14.3. The number of terminal acetylenes is 1. The van der Waals surface area contributed by atoms with Gasteiger partial charge in [0.15, 0.2) is 16.6 Å². The molecule has 1 amide bonds. The lowest BCUT2D eigenvalue weighted by molar-refractivity contribution is -0.140. The van der Waals surface area contributed by atoms with E-state index in [2.05, 4.69) is 21.9 Å². The number of esters is 1. The molecule has 1 fully saturated rings. The minimum atomic E-state index is -0.547. The molecule has 0 bridgehead atoms. The van der Waals surface area contributed by atoms with Crippen LogP contribution in [0.25, 0.3) is 6.08 Å². The Hall–Kier alpha value is -3.55. The second-order valence-corrected chi connectivity index (χ2v) is 8.06. The summed E-state index contributed by atoms with van der Waals surface area (Å²) in [4.78, 5) is 28.3. The Morgan fingerprint density at radius 3 is 2.47 bits per heavy atom. The van der Waals surface area contributed by atoms with Gasteiger partial charge < -0.3 is 23.8 Å². The molecule has 8 nitrogen and oxygen atoms in total. The number of ether oxygens (including phenoxy) is 4. The number of halogens is 1. The number of nitrogens with zero attached hydrogens (tertiary/aromatic N) is 2. The minimum absolute atomic E-state index is 0.0614. The molecule has 0 aliphatic carbocycles. The summed E-state index contributed by atoms with van der Waals surface area (Å²) in [5, 5.41) is 0.145. The summed E-state index contributed by atoms with van der Waals surface area (Å²) in [5.41, 5.74) is 1.33. The number of carbonyl (C=O) groups excluding carboxylic acids is 2. The highest BCUT2D eigenvalue weighted by Crippen LogP contribution is 2.38. The standard InChI is InChI=1S/C24H21BrN2O6S/c1-5-10-33-22-18(25)11-15(13-20(22)31-3)12-19-23(29)27(16-6-8-17(30-2)9-7-16)24(34)26(19)14-21(28)32-4/h1,6-9,11-13H,10,14H2,2-4H3/b19-12-. The van der Waals surface area contributed by atoms with E-state index >= 15 is 0 Å². The van der Waals surface area contributed by atoms with Crippen molar-refractivity contribution in [2.24, 2.45) is 0 Å². The molecule has 0 atom stereocenters. The fraction of sp³-hybridized carbons (Fsp3) is 0.208. The maximum atomic E-state index is 13.5. The Balaban J connectivity index is 2.06. The molecule has 0 unspecified atom stereocenters. The first-order valence-electron chi connectivity index (χ1n) is 9.86. The van der Waals surface area contributed by atoms with Crippen molar-refractivity contribution in [3.05, 3.63) is 52.1 Å².